The summed E-state index contributed by atoms with van der Waals surface area (Å²) in [6.07, 6.45) is -5.52. The third-order valence-corrected chi connectivity index (χ3v) is 1.94. The second-order valence-electron chi connectivity index (χ2n) is 3.50. The van der Waals surface area contributed by atoms with Crippen LogP contribution >= 0.6 is 0 Å². The van der Waals surface area contributed by atoms with Crippen molar-refractivity contribution in [3.63, 3.8) is 0 Å². The van der Waals surface area contributed by atoms with E-state index >= 15 is 0 Å². The SMILES string of the molecule is C1CCCC1.FC(F)(F)CCC(F)(F)F.[Ni]. The molecule has 0 unspecified atom stereocenters. The van der Waals surface area contributed by atoms with Crippen LogP contribution in [-0.2, 0) is 16.5 Å². The molecule has 1 saturated carbocycles. The van der Waals surface area contributed by atoms with Crippen LogP contribution in [0.3, 0.4) is 0 Å². The van der Waals surface area contributed by atoms with Crippen LogP contribution in [-0.4, -0.2) is 12.4 Å². The third kappa shape index (κ3) is 16.5. The Bertz CT molecular complexity index is 137. The molecule has 102 valence electrons. The average Bonchev–Trinajstić information content (AvgIpc) is 2.54. The van der Waals surface area contributed by atoms with E-state index in [0.717, 1.165) is 0 Å². The Morgan fingerprint density at radius 1 is 0.562 bits per heavy atom. The van der Waals surface area contributed by atoms with E-state index in [1.807, 2.05) is 0 Å². The minimum Gasteiger partial charge on any atom is -0.171 e. The number of hydrogen-bond donors (Lipinski definition) is 0. The predicted octanol–water partition coefficient (Wildman–Crippen LogP) is 4.84. The number of halogens is 6. The third-order valence-electron chi connectivity index (χ3n) is 1.94. The molecule has 0 bridgehead atoms. The van der Waals surface area contributed by atoms with Gasteiger partial charge < -0.3 is 0 Å². The summed E-state index contributed by atoms with van der Waals surface area (Å²) in [6.45, 7) is 0. The van der Waals surface area contributed by atoms with Gasteiger partial charge in [0.15, 0.2) is 0 Å². The zero-order valence-electron chi connectivity index (χ0n) is 8.53. The molecule has 7 heteroatoms. The molecule has 1 rings (SSSR count). The maximum absolute atomic E-state index is 11.1. The summed E-state index contributed by atoms with van der Waals surface area (Å²) in [4.78, 5) is 0. The van der Waals surface area contributed by atoms with Crippen molar-refractivity contribution in [2.24, 2.45) is 0 Å². The predicted molar refractivity (Wildman–Crippen MR) is 44.4 cm³/mol. The summed E-state index contributed by atoms with van der Waals surface area (Å²) in [6, 6.07) is 0. The van der Waals surface area contributed by atoms with Gasteiger partial charge in [-0.3, -0.25) is 0 Å². The largest absolute Gasteiger partial charge is 0.389 e. The van der Waals surface area contributed by atoms with Crippen LogP contribution in [0.1, 0.15) is 44.9 Å². The van der Waals surface area contributed by atoms with Crippen molar-refractivity contribution in [3.05, 3.63) is 0 Å². The van der Waals surface area contributed by atoms with Crippen LogP contribution in [0, 0.1) is 0 Å². The standard InChI is InChI=1S/C5H10.C4H4F6.Ni/c1-2-4-5-3-1;5-3(6,7)1-2-4(8,9)10;/h1-5H2;1-2H2;. The number of rotatable bonds is 1. The Kier molecular flexibility index (Phi) is 9.46. The maximum Gasteiger partial charge on any atom is 0.389 e. The molecule has 0 spiro atoms. The molecule has 1 fully saturated rings. The van der Waals surface area contributed by atoms with Gasteiger partial charge in [-0.1, -0.05) is 32.1 Å². The minimum atomic E-state index is -4.71. The van der Waals surface area contributed by atoms with Gasteiger partial charge in [-0.25, -0.2) is 0 Å². The van der Waals surface area contributed by atoms with E-state index in [1.165, 1.54) is 32.1 Å². The van der Waals surface area contributed by atoms with Crippen molar-refractivity contribution in [1.29, 1.82) is 0 Å². The monoisotopic (exact) mass is 294 g/mol. The fourth-order valence-corrected chi connectivity index (χ4v) is 1.17. The average molecular weight is 295 g/mol. The smallest absolute Gasteiger partial charge is 0.171 e. The number of alkyl halides is 6. The van der Waals surface area contributed by atoms with Gasteiger partial charge in [0.2, 0.25) is 0 Å². The topological polar surface area (TPSA) is 0 Å². The Morgan fingerprint density at radius 2 is 0.750 bits per heavy atom. The summed E-state index contributed by atoms with van der Waals surface area (Å²) < 4.78 is 66.5. The van der Waals surface area contributed by atoms with E-state index in [1.54, 1.807) is 0 Å². The maximum atomic E-state index is 11.1. The molecule has 0 heterocycles. The van der Waals surface area contributed by atoms with Gasteiger partial charge in [-0.05, 0) is 0 Å². The Hall–Kier alpha value is 0.0735. The molecule has 0 amide bonds. The Labute approximate surface area is 101 Å². The van der Waals surface area contributed by atoms with E-state index in [9.17, 15) is 26.3 Å². The van der Waals surface area contributed by atoms with Gasteiger partial charge in [-0.2, -0.15) is 26.3 Å². The van der Waals surface area contributed by atoms with E-state index in [-0.39, 0.29) is 16.5 Å². The first-order chi connectivity index (χ1) is 6.71. The van der Waals surface area contributed by atoms with Crippen molar-refractivity contribution in [3.8, 4) is 0 Å². The molecule has 0 nitrogen and oxygen atoms in total. The molecule has 0 aromatic heterocycles. The van der Waals surface area contributed by atoms with Gasteiger partial charge in [0.05, 0.1) is 12.8 Å². The van der Waals surface area contributed by atoms with Crippen LogP contribution in [0.25, 0.3) is 0 Å². The fraction of sp³-hybridized carbons (Fsp3) is 1.00. The fourth-order valence-electron chi connectivity index (χ4n) is 1.17. The zero-order chi connectivity index (χ0) is 11.9. The van der Waals surface area contributed by atoms with Crippen molar-refractivity contribution in [2.45, 2.75) is 57.3 Å². The molecule has 0 aliphatic heterocycles. The molecule has 0 N–H and O–H groups in total. The van der Waals surface area contributed by atoms with Crippen molar-refractivity contribution in [1.82, 2.24) is 0 Å². The molecule has 0 saturated heterocycles. The Morgan fingerprint density at radius 3 is 0.875 bits per heavy atom. The van der Waals surface area contributed by atoms with Gasteiger partial charge in [0.1, 0.15) is 0 Å². The second kappa shape index (κ2) is 8.21. The van der Waals surface area contributed by atoms with Crippen molar-refractivity contribution in [2.75, 3.05) is 0 Å². The van der Waals surface area contributed by atoms with E-state index in [4.69, 9.17) is 0 Å². The number of hydrogen-bond acceptors (Lipinski definition) is 0. The van der Waals surface area contributed by atoms with Gasteiger partial charge >= 0.3 is 12.4 Å². The molecule has 16 heavy (non-hydrogen) atoms. The molecule has 0 aromatic rings. The van der Waals surface area contributed by atoms with Crippen molar-refractivity contribution >= 4 is 0 Å². The molecule has 1 aliphatic rings. The first-order valence-corrected chi connectivity index (χ1v) is 4.84. The Balaban J connectivity index is 0. The molecular formula is C9H14F6Ni. The first-order valence-electron chi connectivity index (χ1n) is 4.84. The van der Waals surface area contributed by atoms with E-state index in [0.29, 0.717) is 0 Å². The van der Waals surface area contributed by atoms with Crippen molar-refractivity contribution < 1.29 is 42.8 Å². The van der Waals surface area contributed by atoms with Gasteiger partial charge in [0.25, 0.3) is 0 Å². The van der Waals surface area contributed by atoms with Gasteiger partial charge in [0, 0.05) is 16.5 Å². The molecule has 0 aromatic carbocycles. The van der Waals surface area contributed by atoms with E-state index in [2.05, 4.69) is 0 Å². The summed E-state index contributed by atoms with van der Waals surface area (Å²) in [5, 5.41) is 0. The summed E-state index contributed by atoms with van der Waals surface area (Å²) >= 11 is 0. The molecular weight excluding hydrogens is 281 g/mol. The first kappa shape index (κ1) is 18.4. The van der Waals surface area contributed by atoms with Crippen LogP contribution in [0.4, 0.5) is 26.3 Å². The zero-order valence-corrected chi connectivity index (χ0v) is 9.52. The normalized spacial score (nSPS) is 16.1. The summed E-state index contributed by atoms with van der Waals surface area (Å²) in [5.41, 5.74) is 0. The van der Waals surface area contributed by atoms with Crippen LogP contribution < -0.4 is 0 Å². The molecule has 1 aliphatic carbocycles. The summed E-state index contributed by atoms with van der Waals surface area (Å²) in [5.74, 6) is 0. The quantitative estimate of drug-likeness (QED) is 0.479. The van der Waals surface area contributed by atoms with Crippen LogP contribution in [0.5, 0.6) is 0 Å². The van der Waals surface area contributed by atoms with Gasteiger partial charge in [-0.15, -0.1) is 0 Å². The molecule has 0 atom stereocenters. The van der Waals surface area contributed by atoms with Crippen LogP contribution in [0.2, 0.25) is 0 Å². The summed E-state index contributed by atoms with van der Waals surface area (Å²) in [7, 11) is 0. The van der Waals surface area contributed by atoms with Crippen LogP contribution in [0.15, 0.2) is 0 Å². The molecule has 0 radical (unpaired) electrons. The second-order valence-corrected chi connectivity index (χ2v) is 3.50. The van der Waals surface area contributed by atoms with E-state index < -0.39 is 25.2 Å². The minimum absolute atomic E-state index is 0.